The summed E-state index contributed by atoms with van der Waals surface area (Å²) in [5, 5.41) is 1.63. The van der Waals surface area contributed by atoms with Gasteiger partial charge >= 0.3 is 0 Å². The van der Waals surface area contributed by atoms with Crippen LogP contribution in [0.5, 0.6) is 0 Å². The highest BCUT2D eigenvalue weighted by atomic mass is 35.5. The Kier molecular flexibility index (Phi) is 3.59. The number of nitrogens with zero attached hydrogens (tertiary/aromatic N) is 2. The summed E-state index contributed by atoms with van der Waals surface area (Å²) in [6.07, 6.45) is 2.33. The molecule has 1 heterocycles. The molecule has 3 N–H and O–H groups in total. The van der Waals surface area contributed by atoms with Gasteiger partial charge in [0.2, 0.25) is 0 Å². The summed E-state index contributed by atoms with van der Waals surface area (Å²) in [4.78, 5) is 10.1. The lowest BCUT2D eigenvalue weighted by molar-refractivity contribution is 0.878. The molecule has 4 nitrogen and oxygen atoms in total. The lowest BCUT2D eigenvalue weighted by Crippen LogP contribution is -2.10. The Balaban J connectivity index is 1.86. The minimum absolute atomic E-state index is 0.498. The van der Waals surface area contributed by atoms with Gasteiger partial charge in [-0.2, -0.15) is 0 Å². The van der Waals surface area contributed by atoms with E-state index in [9.17, 15) is 0 Å². The number of hydrogen-bond donors (Lipinski definition) is 2. The maximum atomic E-state index is 5.88. The molecule has 0 bridgehead atoms. The maximum Gasteiger partial charge on any atom is 0.144 e. The molecule has 0 atom stereocenters. The molecule has 3 rings (SSSR count). The van der Waals surface area contributed by atoms with E-state index in [1.165, 1.54) is 12.8 Å². The molecule has 19 heavy (non-hydrogen) atoms. The molecule has 0 unspecified atom stereocenters. The number of nitrogen functional groups attached to an aromatic ring is 1. The quantitative estimate of drug-likeness (QED) is 0.513. The third kappa shape index (κ3) is 3.18. The highest BCUT2D eigenvalue weighted by Gasteiger charge is 2.27. The SMILES string of the molecule is NNc1cc(Sc2ccc(Cl)cc2)nc(C2CC2)n1. The smallest absolute Gasteiger partial charge is 0.144 e. The number of hydrogen-bond acceptors (Lipinski definition) is 5. The number of benzene rings is 1. The zero-order valence-electron chi connectivity index (χ0n) is 10.1. The van der Waals surface area contributed by atoms with E-state index in [4.69, 9.17) is 17.4 Å². The predicted octanol–water partition coefficient (Wildman–Crippen LogP) is 3.44. The van der Waals surface area contributed by atoms with Crippen molar-refractivity contribution in [3.63, 3.8) is 0 Å². The standard InChI is InChI=1S/C13H13ClN4S/c14-9-3-5-10(6-4-9)19-12-7-11(18-15)16-13(17-12)8-1-2-8/h3-8H,1-2,15H2,(H,16,17,18). The van der Waals surface area contributed by atoms with E-state index in [0.29, 0.717) is 11.7 Å². The van der Waals surface area contributed by atoms with Crippen LogP contribution in [0.4, 0.5) is 5.82 Å². The van der Waals surface area contributed by atoms with Crippen LogP contribution in [0.2, 0.25) is 5.02 Å². The minimum Gasteiger partial charge on any atom is -0.308 e. The summed E-state index contributed by atoms with van der Waals surface area (Å²) in [6.45, 7) is 0. The second kappa shape index (κ2) is 5.36. The lowest BCUT2D eigenvalue weighted by atomic mass is 10.4. The normalized spacial score (nSPS) is 14.4. The van der Waals surface area contributed by atoms with Crippen molar-refractivity contribution in [2.75, 3.05) is 5.43 Å². The van der Waals surface area contributed by atoms with Gasteiger partial charge in [0.05, 0.1) is 0 Å². The molecule has 6 heteroatoms. The Morgan fingerprint density at radius 3 is 2.58 bits per heavy atom. The number of halogens is 1. The number of nitrogens with two attached hydrogens (primary N) is 1. The van der Waals surface area contributed by atoms with E-state index < -0.39 is 0 Å². The zero-order valence-corrected chi connectivity index (χ0v) is 11.7. The first-order valence-electron chi connectivity index (χ1n) is 6.03. The fraction of sp³-hybridized carbons (Fsp3) is 0.231. The molecule has 98 valence electrons. The number of nitrogens with one attached hydrogen (secondary N) is 1. The van der Waals surface area contributed by atoms with E-state index in [2.05, 4.69) is 15.4 Å². The van der Waals surface area contributed by atoms with Gasteiger partial charge in [-0.05, 0) is 37.1 Å². The van der Waals surface area contributed by atoms with E-state index in [1.807, 2.05) is 30.3 Å². The van der Waals surface area contributed by atoms with E-state index >= 15 is 0 Å². The summed E-state index contributed by atoms with van der Waals surface area (Å²) in [7, 11) is 0. The summed E-state index contributed by atoms with van der Waals surface area (Å²) < 4.78 is 0. The average Bonchev–Trinajstić information content (AvgIpc) is 3.25. The summed E-state index contributed by atoms with van der Waals surface area (Å²) in [5.74, 6) is 7.49. The van der Waals surface area contributed by atoms with Gasteiger partial charge in [0.1, 0.15) is 16.7 Å². The van der Waals surface area contributed by atoms with Crippen LogP contribution in [0, 0.1) is 0 Å². The van der Waals surface area contributed by atoms with Gasteiger partial charge in [0, 0.05) is 21.9 Å². The first kappa shape index (κ1) is 12.7. The van der Waals surface area contributed by atoms with Crippen molar-refractivity contribution < 1.29 is 0 Å². The van der Waals surface area contributed by atoms with Gasteiger partial charge in [0.15, 0.2) is 0 Å². The van der Waals surface area contributed by atoms with Crippen molar-refractivity contribution in [2.45, 2.75) is 28.7 Å². The van der Waals surface area contributed by atoms with Crippen molar-refractivity contribution in [3.05, 3.63) is 41.2 Å². The van der Waals surface area contributed by atoms with Crippen LogP contribution < -0.4 is 11.3 Å². The lowest BCUT2D eigenvalue weighted by Gasteiger charge is -2.07. The Morgan fingerprint density at radius 1 is 1.21 bits per heavy atom. The Hall–Kier alpha value is -1.30. The molecule has 1 aromatic carbocycles. The molecule has 0 aliphatic heterocycles. The number of hydrazine groups is 1. The number of aromatic nitrogens is 2. The van der Waals surface area contributed by atoms with Crippen LogP contribution in [0.25, 0.3) is 0 Å². The molecule has 0 spiro atoms. The predicted molar refractivity (Wildman–Crippen MR) is 77.4 cm³/mol. The topological polar surface area (TPSA) is 63.8 Å². The van der Waals surface area contributed by atoms with Crippen molar-refractivity contribution in [3.8, 4) is 0 Å². The summed E-state index contributed by atoms with van der Waals surface area (Å²) in [6, 6.07) is 9.54. The summed E-state index contributed by atoms with van der Waals surface area (Å²) >= 11 is 7.46. The fourth-order valence-corrected chi connectivity index (χ4v) is 2.67. The molecule has 0 saturated heterocycles. The Labute approximate surface area is 120 Å². The van der Waals surface area contributed by atoms with Gasteiger partial charge < -0.3 is 5.43 Å². The van der Waals surface area contributed by atoms with Crippen molar-refractivity contribution in [2.24, 2.45) is 5.84 Å². The molecule has 0 amide bonds. The van der Waals surface area contributed by atoms with Gasteiger partial charge in [-0.25, -0.2) is 15.8 Å². The van der Waals surface area contributed by atoms with Crippen LogP contribution in [0.15, 0.2) is 40.3 Å². The van der Waals surface area contributed by atoms with E-state index in [-0.39, 0.29) is 0 Å². The molecule has 2 aromatic rings. The molecule has 0 radical (unpaired) electrons. The van der Waals surface area contributed by atoms with Gasteiger partial charge in [-0.15, -0.1) is 0 Å². The molecule has 1 fully saturated rings. The van der Waals surface area contributed by atoms with E-state index in [1.54, 1.807) is 11.8 Å². The molecule has 1 saturated carbocycles. The third-order valence-electron chi connectivity index (χ3n) is 2.85. The van der Waals surface area contributed by atoms with Gasteiger partial charge in [-0.3, -0.25) is 0 Å². The Bertz CT molecular complexity index is 584. The second-order valence-corrected chi connectivity index (χ2v) is 5.95. The molecule has 1 aliphatic carbocycles. The molecule has 1 aliphatic rings. The number of anilines is 1. The van der Waals surface area contributed by atoms with Crippen LogP contribution in [-0.2, 0) is 0 Å². The van der Waals surface area contributed by atoms with Gasteiger partial charge in [-0.1, -0.05) is 23.4 Å². The monoisotopic (exact) mass is 292 g/mol. The third-order valence-corrected chi connectivity index (χ3v) is 4.02. The van der Waals surface area contributed by atoms with Crippen LogP contribution in [0.1, 0.15) is 24.6 Å². The summed E-state index contributed by atoms with van der Waals surface area (Å²) in [5.41, 5.74) is 2.60. The van der Waals surface area contributed by atoms with Crippen LogP contribution in [-0.4, -0.2) is 9.97 Å². The van der Waals surface area contributed by atoms with Gasteiger partial charge in [0.25, 0.3) is 0 Å². The molecular weight excluding hydrogens is 280 g/mol. The largest absolute Gasteiger partial charge is 0.308 e. The van der Waals surface area contributed by atoms with Crippen molar-refractivity contribution in [1.82, 2.24) is 9.97 Å². The highest BCUT2D eigenvalue weighted by Crippen LogP contribution is 2.39. The fourth-order valence-electron chi connectivity index (χ4n) is 1.72. The van der Waals surface area contributed by atoms with Crippen LogP contribution in [0.3, 0.4) is 0 Å². The second-order valence-electron chi connectivity index (χ2n) is 4.42. The van der Waals surface area contributed by atoms with Crippen LogP contribution >= 0.6 is 23.4 Å². The zero-order chi connectivity index (χ0) is 13.2. The highest BCUT2D eigenvalue weighted by molar-refractivity contribution is 7.99. The minimum atomic E-state index is 0.498. The first-order valence-corrected chi connectivity index (χ1v) is 7.23. The molecular formula is C13H13ClN4S. The van der Waals surface area contributed by atoms with Crippen molar-refractivity contribution >= 4 is 29.2 Å². The maximum absolute atomic E-state index is 5.88. The first-order chi connectivity index (χ1) is 9.24. The van der Waals surface area contributed by atoms with Crippen molar-refractivity contribution in [1.29, 1.82) is 0 Å². The average molecular weight is 293 g/mol. The van der Waals surface area contributed by atoms with E-state index in [0.717, 1.165) is 20.8 Å². The Morgan fingerprint density at radius 2 is 1.95 bits per heavy atom. The number of rotatable bonds is 4. The molecule has 1 aromatic heterocycles.